The Bertz CT molecular complexity index is 361. The molecule has 3 unspecified atom stereocenters. The summed E-state index contributed by atoms with van der Waals surface area (Å²) in [6.07, 6.45) is 1.48. The second kappa shape index (κ2) is 5.07. The molecule has 1 aliphatic rings. The Morgan fingerprint density at radius 1 is 1.29 bits per heavy atom. The summed E-state index contributed by atoms with van der Waals surface area (Å²) in [5.41, 5.74) is 4.18. The summed E-state index contributed by atoms with van der Waals surface area (Å²) in [7, 11) is 0. The molecule has 0 spiro atoms. The van der Waals surface area contributed by atoms with Crippen LogP contribution in [0.5, 0.6) is 5.75 Å². The third-order valence-corrected chi connectivity index (χ3v) is 3.39. The average molecular weight is 234 g/mol. The SMILES string of the molecule is CC(C)Oc1ccc(C(NN)C2CC2C)cc1. The highest BCUT2D eigenvalue weighted by molar-refractivity contribution is 5.30. The molecule has 3 nitrogen and oxygen atoms in total. The van der Waals surface area contributed by atoms with Crippen LogP contribution in [0.3, 0.4) is 0 Å². The molecule has 0 saturated heterocycles. The minimum Gasteiger partial charge on any atom is -0.491 e. The zero-order valence-corrected chi connectivity index (χ0v) is 10.8. The van der Waals surface area contributed by atoms with Crippen molar-refractivity contribution in [2.45, 2.75) is 39.3 Å². The Morgan fingerprint density at radius 2 is 1.88 bits per heavy atom. The highest BCUT2D eigenvalue weighted by Gasteiger charge is 2.39. The smallest absolute Gasteiger partial charge is 0.119 e. The zero-order chi connectivity index (χ0) is 12.4. The molecule has 1 aliphatic carbocycles. The van der Waals surface area contributed by atoms with Crippen LogP contribution >= 0.6 is 0 Å². The van der Waals surface area contributed by atoms with Crippen LogP contribution in [0.1, 0.15) is 38.8 Å². The molecule has 94 valence electrons. The van der Waals surface area contributed by atoms with Crippen molar-refractivity contribution in [3.05, 3.63) is 29.8 Å². The molecule has 3 N–H and O–H groups in total. The van der Waals surface area contributed by atoms with Crippen molar-refractivity contribution in [2.75, 3.05) is 0 Å². The van der Waals surface area contributed by atoms with Crippen LogP contribution in [0.15, 0.2) is 24.3 Å². The van der Waals surface area contributed by atoms with Crippen molar-refractivity contribution < 1.29 is 4.74 Å². The van der Waals surface area contributed by atoms with Gasteiger partial charge in [-0.1, -0.05) is 19.1 Å². The van der Waals surface area contributed by atoms with Crippen molar-refractivity contribution in [3.63, 3.8) is 0 Å². The second-order valence-electron chi connectivity index (χ2n) is 5.26. The summed E-state index contributed by atoms with van der Waals surface area (Å²) in [5.74, 6) is 8.02. The molecule has 0 aromatic heterocycles. The standard InChI is InChI=1S/C14H22N2O/c1-9(2)17-12-6-4-11(5-7-12)14(16-15)13-8-10(13)3/h4-7,9-10,13-14,16H,8,15H2,1-3H3. The molecule has 1 saturated carbocycles. The minimum absolute atomic E-state index is 0.215. The fourth-order valence-corrected chi connectivity index (χ4v) is 2.31. The first-order valence-corrected chi connectivity index (χ1v) is 6.34. The van der Waals surface area contributed by atoms with Crippen molar-refractivity contribution in [1.29, 1.82) is 0 Å². The summed E-state index contributed by atoms with van der Waals surface area (Å²) >= 11 is 0. The van der Waals surface area contributed by atoms with Gasteiger partial charge in [0, 0.05) is 6.04 Å². The fraction of sp³-hybridized carbons (Fsp3) is 0.571. The second-order valence-corrected chi connectivity index (χ2v) is 5.26. The number of ether oxygens (including phenoxy) is 1. The third kappa shape index (κ3) is 2.99. The van der Waals surface area contributed by atoms with E-state index < -0.39 is 0 Å². The molecule has 17 heavy (non-hydrogen) atoms. The van der Waals surface area contributed by atoms with Gasteiger partial charge in [0.15, 0.2) is 0 Å². The van der Waals surface area contributed by atoms with Crippen LogP contribution in [0.2, 0.25) is 0 Å². The van der Waals surface area contributed by atoms with Gasteiger partial charge in [-0.2, -0.15) is 0 Å². The maximum atomic E-state index is 5.65. The Morgan fingerprint density at radius 3 is 2.29 bits per heavy atom. The number of nitrogens with one attached hydrogen (secondary N) is 1. The van der Waals surface area contributed by atoms with E-state index in [0.29, 0.717) is 5.92 Å². The van der Waals surface area contributed by atoms with Crippen LogP contribution in [0, 0.1) is 11.8 Å². The first kappa shape index (κ1) is 12.4. The molecule has 0 bridgehead atoms. The maximum absolute atomic E-state index is 5.65. The number of benzene rings is 1. The number of hydrogen-bond acceptors (Lipinski definition) is 3. The molecule has 3 heteroatoms. The Kier molecular flexibility index (Phi) is 3.69. The van der Waals surface area contributed by atoms with Crippen LogP contribution < -0.4 is 16.0 Å². The topological polar surface area (TPSA) is 47.3 Å². The normalized spacial score (nSPS) is 24.8. The maximum Gasteiger partial charge on any atom is 0.119 e. The van der Waals surface area contributed by atoms with Crippen LogP contribution in [0.25, 0.3) is 0 Å². The molecular formula is C14H22N2O. The summed E-state index contributed by atoms with van der Waals surface area (Å²) in [4.78, 5) is 0. The molecule has 1 aromatic rings. The van der Waals surface area contributed by atoms with E-state index >= 15 is 0 Å². The highest BCUT2D eigenvalue weighted by atomic mass is 16.5. The van der Waals surface area contributed by atoms with Gasteiger partial charge >= 0.3 is 0 Å². The molecule has 0 heterocycles. The first-order valence-electron chi connectivity index (χ1n) is 6.34. The summed E-state index contributed by atoms with van der Waals surface area (Å²) in [5, 5.41) is 0. The van der Waals surface area contributed by atoms with Crippen molar-refractivity contribution >= 4 is 0 Å². The van der Waals surface area contributed by atoms with Gasteiger partial charge in [0.25, 0.3) is 0 Å². The van der Waals surface area contributed by atoms with Gasteiger partial charge in [-0.3, -0.25) is 11.3 Å². The Hall–Kier alpha value is -1.06. The van der Waals surface area contributed by atoms with Gasteiger partial charge < -0.3 is 4.74 Å². The lowest BCUT2D eigenvalue weighted by atomic mass is 10.0. The van der Waals surface area contributed by atoms with Gasteiger partial charge in [-0.05, 0) is 49.8 Å². The largest absolute Gasteiger partial charge is 0.491 e. The summed E-state index contributed by atoms with van der Waals surface area (Å²) in [6.45, 7) is 6.33. The molecule has 0 aliphatic heterocycles. The lowest BCUT2D eigenvalue weighted by molar-refractivity contribution is 0.242. The first-order chi connectivity index (χ1) is 8.11. The van der Waals surface area contributed by atoms with E-state index in [1.165, 1.54) is 12.0 Å². The Balaban J connectivity index is 2.05. The highest BCUT2D eigenvalue weighted by Crippen LogP contribution is 2.46. The molecule has 0 amide bonds. The number of rotatable bonds is 5. The van der Waals surface area contributed by atoms with E-state index in [2.05, 4.69) is 24.5 Å². The minimum atomic E-state index is 0.215. The van der Waals surface area contributed by atoms with Crippen LogP contribution in [-0.4, -0.2) is 6.10 Å². The average Bonchev–Trinajstić information content (AvgIpc) is 2.98. The van der Waals surface area contributed by atoms with Crippen molar-refractivity contribution in [2.24, 2.45) is 17.7 Å². The predicted molar refractivity (Wildman–Crippen MR) is 69.5 cm³/mol. The molecule has 1 aromatic carbocycles. The van der Waals surface area contributed by atoms with Crippen LogP contribution in [-0.2, 0) is 0 Å². The summed E-state index contributed by atoms with van der Waals surface area (Å²) < 4.78 is 5.63. The van der Waals surface area contributed by atoms with Gasteiger partial charge in [0.2, 0.25) is 0 Å². The third-order valence-electron chi connectivity index (χ3n) is 3.39. The van der Waals surface area contributed by atoms with Gasteiger partial charge in [-0.15, -0.1) is 0 Å². The quantitative estimate of drug-likeness (QED) is 0.608. The van der Waals surface area contributed by atoms with E-state index in [4.69, 9.17) is 10.6 Å². The molecule has 0 radical (unpaired) electrons. The van der Waals surface area contributed by atoms with Crippen molar-refractivity contribution in [3.8, 4) is 5.75 Å². The predicted octanol–water partition coefficient (Wildman–Crippen LogP) is 2.63. The molecule has 3 atom stereocenters. The van der Waals surface area contributed by atoms with E-state index in [-0.39, 0.29) is 12.1 Å². The van der Waals surface area contributed by atoms with E-state index in [1.54, 1.807) is 0 Å². The number of hydrazine groups is 1. The van der Waals surface area contributed by atoms with Crippen molar-refractivity contribution in [1.82, 2.24) is 5.43 Å². The van der Waals surface area contributed by atoms with E-state index in [0.717, 1.165) is 11.7 Å². The molecule has 1 fully saturated rings. The van der Waals surface area contributed by atoms with Gasteiger partial charge in [0.1, 0.15) is 5.75 Å². The lowest BCUT2D eigenvalue weighted by Crippen LogP contribution is -2.29. The Labute approximate surface area is 103 Å². The number of hydrogen-bond donors (Lipinski definition) is 2. The van der Waals surface area contributed by atoms with E-state index in [1.807, 2.05) is 26.0 Å². The van der Waals surface area contributed by atoms with Crippen LogP contribution in [0.4, 0.5) is 0 Å². The summed E-state index contributed by atoms with van der Waals surface area (Å²) in [6, 6.07) is 8.53. The molecule has 2 rings (SSSR count). The zero-order valence-electron chi connectivity index (χ0n) is 10.8. The number of nitrogens with two attached hydrogens (primary N) is 1. The van der Waals surface area contributed by atoms with Gasteiger partial charge in [-0.25, -0.2) is 0 Å². The monoisotopic (exact) mass is 234 g/mol. The van der Waals surface area contributed by atoms with Gasteiger partial charge in [0.05, 0.1) is 6.10 Å². The fourth-order valence-electron chi connectivity index (χ4n) is 2.31. The molecular weight excluding hydrogens is 212 g/mol. The lowest BCUT2D eigenvalue weighted by Gasteiger charge is -2.17. The van der Waals surface area contributed by atoms with E-state index in [9.17, 15) is 0 Å².